The van der Waals surface area contributed by atoms with Gasteiger partial charge in [0.05, 0.1) is 11.9 Å². The van der Waals surface area contributed by atoms with E-state index in [1.54, 1.807) is 0 Å². The topological polar surface area (TPSA) is 43.8 Å². The number of aryl methyl sites for hydroxylation is 1. The van der Waals surface area contributed by atoms with Crippen molar-refractivity contribution < 1.29 is 0 Å². The summed E-state index contributed by atoms with van der Waals surface area (Å²) in [5.74, 6) is 0. The van der Waals surface area contributed by atoms with Crippen LogP contribution in [0.1, 0.15) is 50.0 Å². The van der Waals surface area contributed by atoms with Gasteiger partial charge in [0.15, 0.2) is 0 Å². The SMILES string of the molecule is CC(C)n1ncc2c1[C@@H](N)CCC2. The molecule has 3 heteroatoms. The first-order chi connectivity index (χ1) is 6.20. The van der Waals surface area contributed by atoms with Crippen molar-refractivity contribution in [2.75, 3.05) is 0 Å². The second kappa shape index (κ2) is 3.14. The van der Waals surface area contributed by atoms with Crippen molar-refractivity contribution in [1.82, 2.24) is 9.78 Å². The molecule has 1 heterocycles. The highest BCUT2D eigenvalue weighted by Gasteiger charge is 2.22. The van der Waals surface area contributed by atoms with Crippen LogP contribution in [0.3, 0.4) is 0 Å². The Labute approximate surface area is 78.9 Å². The van der Waals surface area contributed by atoms with Gasteiger partial charge >= 0.3 is 0 Å². The van der Waals surface area contributed by atoms with Crippen LogP contribution in [-0.4, -0.2) is 9.78 Å². The van der Waals surface area contributed by atoms with E-state index >= 15 is 0 Å². The Morgan fingerprint density at radius 3 is 3.08 bits per heavy atom. The smallest absolute Gasteiger partial charge is 0.0586 e. The minimum atomic E-state index is 0.202. The van der Waals surface area contributed by atoms with Crippen LogP contribution in [-0.2, 0) is 6.42 Å². The van der Waals surface area contributed by atoms with Crippen molar-refractivity contribution in [3.8, 4) is 0 Å². The summed E-state index contributed by atoms with van der Waals surface area (Å²) in [7, 11) is 0. The highest BCUT2D eigenvalue weighted by atomic mass is 15.3. The largest absolute Gasteiger partial charge is 0.323 e. The number of fused-ring (bicyclic) bond motifs is 1. The lowest BCUT2D eigenvalue weighted by molar-refractivity contribution is 0.457. The summed E-state index contributed by atoms with van der Waals surface area (Å²) >= 11 is 0. The fourth-order valence-corrected chi connectivity index (χ4v) is 2.07. The second-order valence-corrected chi connectivity index (χ2v) is 4.09. The Balaban J connectivity index is 2.44. The molecule has 3 nitrogen and oxygen atoms in total. The number of nitrogens with two attached hydrogens (primary N) is 1. The minimum absolute atomic E-state index is 0.202. The third kappa shape index (κ3) is 1.37. The van der Waals surface area contributed by atoms with Gasteiger partial charge in [-0.05, 0) is 38.7 Å². The molecule has 1 aliphatic rings. The maximum absolute atomic E-state index is 6.07. The average molecular weight is 179 g/mol. The van der Waals surface area contributed by atoms with Crippen molar-refractivity contribution in [2.45, 2.75) is 45.2 Å². The third-order valence-corrected chi connectivity index (χ3v) is 2.72. The van der Waals surface area contributed by atoms with Crippen molar-refractivity contribution in [2.24, 2.45) is 5.73 Å². The molecule has 0 aliphatic heterocycles. The zero-order chi connectivity index (χ0) is 9.42. The van der Waals surface area contributed by atoms with Gasteiger partial charge in [0.2, 0.25) is 0 Å². The molecule has 0 saturated carbocycles. The molecule has 0 spiro atoms. The summed E-state index contributed by atoms with van der Waals surface area (Å²) in [5, 5.41) is 4.38. The third-order valence-electron chi connectivity index (χ3n) is 2.72. The fraction of sp³-hybridized carbons (Fsp3) is 0.700. The molecule has 72 valence electrons. The molecule has 1 aromatic heterocycles. The maximum Gasteiger partial charge on any atom is 0.0586 e. The van der Waals surface area contributed by atoms with Gasteiger partial charge in [-0.1, -0.05) is 0 Å². The lowest BCUT2D eigenvalue weighted by Gasteiger charge is -2.22. The van der Waals surface area contributed by atoms with E-state index in [1.165, 1.54) is 17.7 Å². The van der Waals surface area contributed by atoms with Gasteiger partial charge < -0.3 is 5.73 Å². The van der Waals surface area contributed by atoms with E-state index in [0.29, 0.717) is 6.04 Å². The van der Waals surface area contributed by atoms with E-state index in [4.69, 9.17) is 5.73 Å². The maximum atomic E-state index is 6.07. The number of nitrogens with zero attached hydrogens (tertiary/aromatic N) is 2. The van der Waals surface area contributed by atoms with Gasteiger partial charge in [0.1, 0.15) is 0 Å². The van der Waals surface area contributed by atoms with E-state index in [0.717, 1.165) is 12.8 Å². The van der Waals surface area contributed by atoms with Gasteiger partial charge in [-0.15, -0.1) is 0 Å². The summed E-state index contributed by atoms with van der Waals surface area (Å²) in [6, 6.07) is 0.626. The first-order valence-electron chi connectivity index (χ1n) is 5.02. The first-order valence-corrected chi connectivity index (χ1v) is 5.02. The van der Waals surface area contributed by atoms with Crippen molar-refractivity contribution in [3.05, 3.63) is 17.5 Å². The molecule has 1 atom stereocenters. The van der Waals surface area contributed by atoms with Crippen LogP contribution in [0.5, 0.6) is 0 Å². The standard InChI is InChI=1S/C10H17N3/c1-7(2)13-10-8(6-12-13)4-3-5-9(10)11/h6-7,9H,3-5,11H2,1-2H3/t9-/m0/s1. The van der Waals surface area contributed by atoms with E-state index in [9.17, 15) is 0 Å². The lowest BCUT2D eigenvalue weighted by atomic mass is 9.94. The molecule has 13 heavy (non-hydrogen) atoms. The van der Waals surface area contributed by atoms with E-state index in [2.05, 4.69) is 23.6 Å². The molecule has 2 N–H and O–H groups in total. The molecule has 1 aliphatic carbocycles. The zero-order valence-corrected chi connectivity index (χ0v) is 8.33. The molecular weight excluding hydrogens is 162 g/mol. The molecular formula is C10H17N3. The number of hydrogen-bond donors (Lipinski definition) is 1. The van der Waals surface area contributed by atoms with Crippen molar-refractivity contribution >= 4 is 0 Å². The quantitative estimate of drug-likeness (QED) is 0.714. The summed E-state index contributed by atoms with van der Waals surface area (Å²) in [5.41, 5.74) is 8.69. The average Bonchev–Trinajstić information content (AvgIpc) is 2.49. The predicted molar refractivity (Wildman–Crippen MR) is 52.5 cm³/mol. The van der Waals surface area contributed by atoms with Crippen LogP contribution in [0.15, 0.2) is 6.20 Å². The molecule has 2 rings (SSSR count). The van der Waals surface area contributed by atoms with Crippen LogP contribution >= 0.6 is 0 Å². The molecule has 0 saturated heterocycles. The second-order valence-electron chi connectivity index (χ2n) is 4.09. The van der Waals surface area contributed by atoms with Crippen LogP contribution in [0.4, 0.5) is 0 Å². The van der Waals surface area contributed by atoms with E-state index in [1.807, 2.05) is 6.20 Å². The Hall–Kier alpha value is -0.830. The number of aromatic nitrogens is 2. The monoisotopic (exact) mass is 179 g/mol. The Bertz CT molecular complexity index is 301. The van der Waals surface area contributed by atoms with Crippen molar-refractivity contribution in [1.29, 1.82) is 0 Å². The molecule has 0 unspecified atom stereocenters. The minimum Gasteiger partial charge on any atom is -0.323 e. The van der Waals surface area contributed by atoms with Crippen LogP contribution in [0.2, 0.25) is 0 Å². The summed E-state index contributed by atoms with van der Waals surface area (Å²) in [6.45, 7) is 4.29. The normalized spacial score (nSPS) is 22.0. The number of hydrogen-bond acceptors (Lipinski definition) is 2. The van der Waals surface area contributed by atoms with Gasteiger partial charge in [0.25, 0.3) is 0 Å². The Morgan fingerprint density at radius 1 is 1.62 bits per heavy atom. The molecule has 0 amide bonds. The van der Waals surface area contributed by atoms with Gasteiger partial charge in [-0.3, -0.25) is 4.68 Å². The molecule has 0 fully saturated rings. The first kappa shape index (κ1) is 8.75. The van der Waals surface area contributed by atoms with E-state index < -0.39 is 0 Å². The van der Waals surface area contributed by atoms with Gasteiger partial charge in [0, 0.05) is 12.1 Å². The number of rotatable bonds is 1. The zero-order valence-electron chi connectivity index (χ0n) is 8.33. The summed E-state index contributed by atoms with van der Waals surface area (Å²) in [6.07, 6.45) is 5.44. The highest BCUT2D eigenvalue weighted by molar-refractivity contribution is 5.24. The Kier molecular flexibility index (Phi) is 2.12. The van der Waals surface area contributed by atoms with Crippen LogP contribution in [0, 0.1) is 0 Å². The highest BCUT2D eigenvalue weighted by Crippen LogP contribution is 2.29. The molecule has 0 bridgehead atoms. The van der Waals surface area contributed by atoms with Gasteiger partial charge in [-0.25, -0.2) is 0 Å². The summed E-state index contributed by atoms with van der Waals surface area (Å²) < 4.78 is 2.07. The van der Waals surface area contributed by atoms with Crippen LogP contribution < -0.4 is 5.73 Å². The van der Waals surface area contributed by atoms with E-state index in [-0.39, 0.29) is 6.04 Å². The van der Waals surface area contributed by atoms with Crippen molar-refractivity contribution in [3.63, 3.8) is 0 Å². The van der Waals surface area contributed by atoms with Gasteiger partial charge in [-0.2, -0.15) is 5.10 Å². The fourth-order valence-electron chi connectivity index (χ4n) is 2.07. The summed E-state index contributed by atoms with van der Waals surface area (Å²) in [4.78, 5) is 0. The molecule has 0 radical (unpaired) electrons. The predicted octanol–water partition coefficient (Wildman–Crippen LogP) is 1.80. The Morgan fingerprint density at radius 2 is 2.38 bits per heavy atom. The molecule has 1 aromatic rings. The molecule has 0 aromatic carbocycles. The lowest BCUT2D eigenvalue weighted by Crippen LogP contribution is -2.22. The van der Waals surface area contributed by atoms with Crippen LogP contribution in [0.25, 0.3) is 0 Å².